The molecule has 0 atom stereocenters. The third kappa shape index (κ3) is 3.22. The summed E-state index contributed by atoms with van der Waals surface area (Å²) in [5.74, 6) is -0.398. The number of rotatable bonds is 4. The Hall–Kier alpha value is -2.48. The highest BCUT2D eigenvalue weighted by Crippen LogP contribution is 2.34. The predicted octanol–water partition coefficient (Wildman–Crippen LogP) is 3.19. The van der Waals surface area contributed by atoms with Gasteiger partial charge in [0.05, 0.1) is 4.92 Å². The number of nitro benzene ring substituents is 1. The summed E-state index contributed by atoms with van der Waals surface area (Å²) < 4.78 is 36.6. The molecule has 2 rings (SSSR count). The molecule has 0 aliphatic heterocycles. The van der Waals surface area contributed by atoms with E-state index in [1.165, 1.54) is 36.4 Å². The molecule has 2 aromatic rings. The number of hydrogen-bond donors (Lipinski definition) is 1. The van der Waals surface area contributed by atoms with Gasteiger partial charge in [0.25, 0.3) is 0 Å². The maximum Gasteiger partial charge on any atom is 0.311 e. The van der Waals surface area contributed by atoms with E-state index in [4.69, 9.17) is 0 Å². The van der Waals surface area contributed by atoms with Gasteiger partial charge in [0.15, 0.2) is 9.84 Å². The van der Waals surface area contributed by atoms with Crippen LogP contribution in [0.15, 0.2) is 41.3 Å². The van der Waals surface area contributed by atoms with E-state index in [0.717, 1.165) is 6.26 Å². The van der Waals surface area contributed by atoms with Crippen molar-refractivity contribution in [3.63, 3.8) is 0 Å². The molecule has 1 N–H and O–H groups in total. The minimum absolute atomic E-state index is 0.0268. The highest BCUT2D eigenvalue weighted by molar-refractivity contribution is 7.90. The van der Waals surface area contributed by atoms with Gasteiger partial charge in [0.2, 0.25) is 0 Å². The Morgan fingerprint density at radius 2 is 1.91 bits per heavy atom. The molecule has 22 heavy (non-hydrogen) atoms. The van der Waals surface area contributed by atoms with Gasteiger partial charge in [-0.05, 0) is 42.8 Å². The van der Waals surface area contributed by atoms with Crippen LogP contribution in [-0.4, -0.2) is 19.6 Å². The molecule has 0 aliphatic rings. The number of anilines is 2. The number of sulfone groups is 1. The normalized spacial score (nSPS) is 11.2. The van der Waals surface area contributed by atoms with Gasteiger partial charge >= 0.3 is 5.69 Å². The number of para-hydroxylation sites is 1. The van der Waals surface area contributed by atoms with Crippen LogP contribution in [0.2, 0.25) is 0 Å². The van der Waals surface area contributed by atoms with Crippen LogP contribution < -0.4 is 5.32 Å². The van der Waals surface area contributed by atoms with Crippen LogP contribution in [0, 0.1) is 22.9 Å². The minimum atomic E-state index is -3.75. The summed E-state index contributed by atoms with van der Waals surface area (Å²) in [6.07, 6.45) is 0.904. The third-order valence-electron chi connectivity index (χ3n) is 3.02. The van der Waals surface area contributed by atoms with Crippen molar-refractivity contribution in [3.05, 3.63) is 57.9 Å². The Morgan fingerprint density at radius 1 is 1.23 bits per heavy atom. The summed E-state index contributed by atoms with van der Waals surface area (Å²) in [6.45, 7) is 1.56. The number of nitro groups is 1. The van der Waals surface area contributed by atoms with Crippen LogP contribution in [0.25, 0.3) is 0 Å². The lowest BCUT2D eigenvalue weighted by Crippen LogP contribution is -2.05. The molecule has 0 unspecified atom stereocenters. The first-order chi connectivity index (χ1) is 10.2. The zero-order chi connectivity index (χ0) is 16.5. The van der Waals surface area contributed by atoms with Crippen LogP contribution in [0.3, 0.4) is 0 Å². The molecule has 6 nitrogen and oxygen atoms in total. The molecular formula is C14H13FN2O4S. The monoisotopic (exact) mass is 324 g/mol. The molecule has 0 amide bonds. The average Bonchev–Trinajstić information content (AvgIpc) is 2.41. The number of halogens is 1. The van der Waals surface area contributed by atoms with E-state index in [-0.39, 0.29) is 10.6 Å². The van der Waals surface area contributed by atoms with Crippen LogP contribution in [-0.2, 0) is 9.84 Å². The molecule has 0 aliphatic carbocycles. The molecule has 0 saturated carbocycles. The zero-order valence-electron chi connectivity index (χ0n) is 11.8. The first-order valence-electron chi connectivity index (χ1n) is 6.21. The number of hydrogen-bond acceptors (Lipinski definition) is 5. The van der Waals surface area contributed by atoms with Gasteiger partial charge < -0.3 is 5.32 Å². The van der Waals surface area contributed by atoms with E-state index in [9.17, 15) is 22.9 Å². The van der Waals surface area contributed by atoms with Crippen molar-refractivity contribution in [2.24, 2.45) is 0 Å². The molecule has 0 aromatic heterocycles. The summed E-state index contributed by atoms with van der Waals surface area (Å²) in [7, 11) is -3.75. The molecule has 0 radical (unpaired) electrons. The highest BCUT2D eigenvalue weighted by atomic mass is 32.2. The molecule has 0 spiro atoms. The van der Waals surface area contributed by atoms with Crippen molar-refractivity contribution in [3.8, 4) is 0 Å². The topological polar surface area (TPSA) is 89.3 Å². The molecule has 0 heterocycles. The second kappa shape index (κ2) is 5.72. The van der Waals surface area contributed by atoms with E-state index in [0.29, 0.717) is 11.3 Å². The molecule has 0 saturated heterocycles. The lowest BCUT2D eigenvalue weighted by molar-refractivity contribution is -0.386. The molecule has 0 bridgehead atoms. The van der Waals surface area contributed by atoms with Gasteiger partial charge in [-0.1, -0.05) is 6.07 Å². The van der Waals surface area contributed by atoms with Crippen LogP contribution >= 0.6 is 0 Å². The first-order valence-corrected chi connectivity index (χ1v) is 8.10. The lowest BCUT2D eigenvalue weighted by Gasteiger charge is -2.10. The summed E-state index contributed by atoms with van der Waals surface area (Å²) in [5.41, 5.74) is 0.283. The molecular weight excluding hydrogens is 311 g/mol. The van der Waals surface area contributed by atoms with Gasteiger partial charge in [-0.2, -0.15) is 0 Å². The number of aryl methyl sites for hydroxylation is 1. The van der Waals surface area contributed by atoms with Gasteiger partial charge in [-0.3, -0.25) is 10.1 Å². The van der Waals surface area contributed by atoms with E-state index in [2.05, 4.69) is 5.32 Å². The smallest absolute Gasteiger partial charge is 0.311 e. The molecule has 0 fully saturated rings. The van der Waals surface area contributed by atoms with E-state index in [1.54, 1.807) is 6.92 Å². The van der Waals surface area contributed by atoms with Gasteiger partial charge in [0.1, 0.15) is 16.4 Å². The van der Waals surface area contributed by atoms with E-state index < -0.39 is 26.3 Å². The lowest BCUT2D eigenvalue weighted by atomic mass is 10.2. The van der Waals surface area contributed by atoms with Crippen LogP contribution in [0.4, 0.5) is 21.5 Å². The van der Waals surface area contributed by atoms with Crippen molar-refractivity contribution in [1.82, 2.24) is 0 Å². The van der Waals surface area contributed by atoms with Gasteiger partial charge in [0, 0.05) is 11.9 Å². The molecule has 116 valence electrons. The average molecular weight is 324 g/mol. The maximum absolute atomic E-state index is 13.3. The van der Waals surface area contributed by atoms with Crippen molar-refractivity contribution in [2.45, 2.75) is 11.8 Å². The number of nitrogens with one attached hydrogen (secondary N) is 1. The van der Waals surface area contributed by atoms with Crippen molar-refractivity contribution in [1.29, 1.82) is 0 Å². The Balaban J connectivity index is 2.56. The summed E-state index contributed by atoms with van der Waals surface area (Å²) in [4.78, 5) is 10.1. The second-order valence-corrected chi connectivity index (χ2v) is 6.75. The molecule has 2 aromatic carbocycles. The van der Waals surface area contributed by atoms with Gasteiger partial charge in [-0.25, -0.2) is 12.8 Å². The fourth-order valence-electron chi connectivity index (χ4n) is 1.99. The number of nitrogens with zero attached hydrogens (tertiary/aromatic N) is 1. The van der Waals surface area contributed by atoms with Crippen molar-refractivity contribution < 1.29 is 17.7 Å². The second-order valence-electron chi connectivity index (χ2n) is 4.77. The quantitative estimate of drug-likeness (QED) is 0.689. The fourth-order valence-corrected chi connectivity index (χ4v) is 2.85. The number of benzene rings is 2. The highest BCUT2D eigenvalue weighted by Gasteiger charge is 2.26. The Bertz CT molecular complexity index is 850. The van der Waals surface area contributed by atoms with Gasteiger partial charge in [-0.15, -0.1) is 0 Å². The zero-order valence-corrected chi connectivity index (χ0v) is 12.6. The van der Waals surface area contributed by atoms with E-state index >= 15 is 0 Å². The summed E-state index contributed by atoms with van der Waals surface area (Å²) in [6, 6.07) is 8.09. The Labute approximate surface area is 126 Å². The standard InChI is InChI=1S/C14H13FN2O4S/c1-9-8-10(6-7-11(9)15)16-12-4-3-5-13(22(2,20)21)14(12)17(18)19/h3-8,16H,1-2H3. The van der Waals surface area contributed by atoms with Crippen LogP contribution in [0.1, 0.15) is 5.56 Å². The fraction of sp³-hybridized carbons (Fsp3) is 0.143. The van der Waals surface area contributed by atoms with Crippen LogP contribution in [0.5, 0.6) is 0 Å². The Kier molecular flexibility index (Phi) is 4.14. The Morgan fingerprint density at radius 3 is 2.45 bits per heavy atom. The summed E-state index contributed by atoms with van der Waals surface area (Å²) in [5, 5.41) is 14.0. The summed E-state index contributed by atoms with van der Waals surface area (Å²) >= 11 is 0. The predicted molar refractivity (Wildman–Crippen MR) is 80.6 cm³/mol. The largest absolute Gasteiger partial charge is 0.350 e. The SMILES string of the molecule is Cc1cc(Nc2cccc(S(C)(=O)=O)c2[N+](=O)[O-])ccc1F. The minimum Gasteiger partial charge on any atom is -0.350 e. The van der Waals surface area contributed by atoms with Crippen molar-refractivity contribution in [2.75, 3.05) is 11.6 Å². The third-order valence-corrected chi connectivity index (χ3v) is 4.15. The molecule has 8 heteroatoms. The van der Waals surface area contributed by atoms with Crippen molar-refractivity contribution >= 4 is 26.9 Å². The first kappa shape index (κ1) is 15.9. The van der Waals surface area contributed by atoms with E-state index in [1.807, 2.05) is 0 Å². The maximum atomic E-state index is 13.3.